The molecular weight excluding hydrogens is 371 g/mol. The number of methoxy groups -OCH3 is 1. The predicted molar refractivity (Wildman–Crippen MR) is 112 cm³/mol. The van der Waals surface area contributed by atoms with E-state index < -0.39 is 0 Å². The lowest BCUT2D eigenvalue weighted by Crippen LogP contribution is -2.42. The Bertz CT molecular complexity index is 830. The van der Waals surface area contributed by atoms with Crippen LogP contribution in [0.15, 0.2) is 36.4 Å². The Balaban J connectivity index is 1.64. The molecule has 1 amide bonds. The molecule has 1 atom stereocenters. The zero-order chi connectivity index (χ0) is 20.6. The molecule has 29 heavy (non-hydrogen) atoms. The first kappa shape index (κ1) is 21.2. The van der Waals surface area contributed by atoms with E-state index in [9.17, 15) is 9.18 Å². The summed E-state index contributed by atoms with van der Waals surface area (Å²) in [6.45, 7) is 5.11. The van der Waals surface area contributed by atoms with Crippen molar-refractivity contribution in [2.24, 2.45) is 0 Å². The van der Waals surface area contributed by atoms with Crippen LogP contribution in [-0.2, 0) is 9.53 Å². The first-order valence-corrected chi connectivity index (χ1v) is 10.0. The highest BCUT2D eigenvalue weighted by Gasteiger charge is 2.24. The van der Waals surface area contributed by atoms with Crippen LogP contribution in [0.4, 0.5) is 15.8 Å². The molecule has 1 aromatic heterocycles. The number of nitrogens with one attached hydrogen (secondary N) is 2. The van der Waals surface area contributed by atoms with Crippen molar-refractivity contribution in [3.63, 3.8) is 0 Å². The smallest absolute Gasteiger partial charge is 0.234 e. The van der Waals surface area contributed by atoms with E-state index in [1.54, 1.807) is 13.2 Å². The molecule has 1 aromatic carbocycles. The third kappa shape index (κ3) is 6.51. The molecule has 6 nitrogen and oxygen atoms in total. The summed E-state index contributed by atoms with van der Waals surface area (Å²) in [6.07, 6.45) is 2.07. The lowest BCUT2D eigenvalue weighted by Gasteiger charge is -2.32. The maximum Gasteiger partial charge on any atom is 0.234 e. The van der Waals surface area contributed by atoms with Crippen LogP contribution in [0.3, 0.4) is 0 Å². The molecule has 156 valence electrons. The third-order valence-corrected chi connectivity index (χ3v) is 5.01. The maximum absolute atomic E-state index is 13.5. The molecule has 0 aliphatic carbocycles. The monoisotopic (exact) mass is 400 g/mol. The molecule has 3 rings (SSSR count). The van der Waals surface area contributed by atoms with Gasteiger partial charge in [-0.05, 0) is 56.6 Å². The summed E-state index contributed by atoms with van der Waals surface area (Å²) < 4.78 is 18.4. The molecule has 0 radical (unpaired) electrons. The second-order valence-corrected chi connectivity index (χ2v) is 7.47. The number of benzene rings is 1. The van der Waals surface area contributed by atoms with Gasteiger partial charge < -0.3 is 15.4 Å². The number of amides is 1. The number of aryl methyl sites for hydroxylation is 1. The quantitative estimate of drug-likeness (QED) is 0.666. The second kappa shape index (κ2) is 10.3. The van der Waals surface area contributed by atoms with Gasteiger partial charge in [0.25, 0.3) is 0 Å². The number of likely N-dealkylation sites (tertiary alicyclic amines) is 1. The number of hydrogen-bond donors (Lipinski definition) is 2. The highest BCUT2D eigenvalue weighted by Crippen LogP contribution is 2.28. The Morgan fingerprint density at radius 2 is 2.17 bits per heavy atom. The van der Waals surface area contributed by atoms with Gasteiger partial charge in [-0.2, -0.15) is 0 Å². The number of carbonyl (C=O) groups excluding carboxylic acids is 1. The number of pyridine rings is 1. The molecule has 1 fully saturated rings. The molecule has 0 unspecified atom stereocenters. The van der Waals surface area contributed by atoms with Crippen LogP contribution >= 0.6 is 0 Å². The third-order valence-electron chi connectivity index (χ3n) is 5.01. The van der Waals surface area contributed by atoms with E-state index in [4.69, 9.17) is 9.72 Å². The van der Waals surface area contributed by atoms with Crippen molar-refractivity contribution in [2.45, 2.75) is 25.7 Å². The lowest BCUT2D eigenvalue weighted by atomic mass is 9.93. The predicted octanol–water partition coefficient (Wildman–Crippen LogP) is 3.21. The molecule has 1 aliphatic rings. The van der Waals surface area contributed by atoms with Gasteiger partial charge in [0.05, 0.1) is 13.2 Å². The summed E-state index contributed by atoms with van der Waals surface area (Å²) in [5, 5.41) is 6.14. The minimum Gasteiger partial charge on any atom is -0.383 e. The van der Waals surface area contributed by atoms with Crippen molar-refractivity contribution in [1.82, 2.24) is 15.2 Å². The van der Waals surface area contributed by atoms with Gasteiger partial charge in [-0.3, -0.25) is 14.7 Å². The minimum absolute atomic E-state index is 0.0216. The standard InChI is InChI=1S/C22H29FN4O2/c1-16-11-20(26-19-7-3-6-18(23)12-19)13-21(25-16)17-5-4-9-27(14-17)15-22(28)24-8-10-29-2/h3,6-7,11-13,17H,4-5,8-10,14-15H2,1-2H3,(H,24,28)(H,25,26)/t17-/m0/s1. The number of aromatic nitrogens is 1. The Labute approximate surface area is 171 Å². The number of anilines is 2. The number of nitrogens with zero attached hydrogens (tertiary/aromatic N) is 2. The van der Waals surface area contributed by atoms with Gasteiger partial charge in [0, 0.05) is 48.9 Å². The topological polar surface area (TPSA) is 66.5 Å². The fraction of sp³-hybridized carbons (Fsp3) is 0.455. The van der Waals surface area contributed by atoms with E-state index in [0.29, 0.717) is 25.4 Å². The zero-order valence-electron chi connectivity index (χ0n) is 17.1. The van der Waals surface area contributed by atoms with Gasteiger partial charge in [-0.15, -0.1) is 0 Å². The molecule has 0 saturated carbocycles. The van der Waals surface area contributed by atoms with E-state index in [0.717, 1.165) is 43.0 Å². The second-order valence-electron chi connectivity index (χ2n) is 7.47. The summed E-state index contributed by atoms with van der Waals surface area (Å²) >= 11 is 0. The largest absolute Gasteiger partial charge is 0.383 e. The Morgan fingerprint density at radius 3 is 2.97 bits per heavy atom. The summed E-state index contributed by atoms with van der Waals surface area (Å²) in [7, 11) is 1.62. The average Bonchev–Trinajstić information content (AvgIpc) is 2.68. The van der Waals surface area contributed by atoms with Crippen molar-refractivity contribution in [3.8, 4) is 0 Å². The van der Waals surface area contributed by atoms with Gasteiger partial charge in [-0.1, -0.05) is 6.07 Å². The Hall–Kier alpha value is -2.51. The molecule has 1 aliphatic heterocycles. The summed E-state index contributed by atoms with van der Waals surface area (Å²) in [5.74, 6) is 0.0181. The van der Waals surface area contributed by atoms with Gasteiger partial charge >= 0.3 is 0 Å². The van der Waals surface area contributed by atoms with Gasteiger partial charge in [0.1, 0.15) is 5.82 Å². The van der Waals surface area contributed by atoms with Crippen molar-refractivity contribution < 1.29 is 13.9 Å². The van der Waals surface area contributed by atoms with Crippen LogP contribution in [0.25, 0.3) is 0 Å². The molecule has 2 aromatic rings. The van der Waals surface area contributed by atoms with Crippen LogP contribution in [-0.4, -0.2) is 55.7 Å². The molecule has 0 bridgehead atoms. The molecule has 7 heteroatoms. The van der Waals surface area contributed by atoms with Gasteiger partial charge in [0.15, 0.2) is 0 Å². The van der Waals surface area contributed by atoms with Crippen molar-refractivity contribution in [3.05, 3.63) is 53.6 Å². The van der Waals surface area contributed by atoms with Gasteiger partial charge in [0.2, 0.25) is 5.91 Å². The maximum atomic E-state index is 13.5. The highest BCUT2D eigenvalue weighted by atomic mass is 19.1. The molecule has 2 heterocycles. The molecule has 1 saturated heterocycles. The number of carbonyl (C=O) groups is 1. The van der Waals surface area contributed by atoms with E-state index in [2.05, 4.69) is 15.5 Å². The van der Waals surface area contributed by atoms with Crippen LogP contribution in [0.1, 0.15) is 30.1 Å². The number of hydrogen-bond acceptors (Lipinski definition) is 5. The number of rotatable bonds is 8. The summed E-state index contributed by atoms with van der Waals surface area (Å²) in [4.78, 5) is 19.0. The Kier molecular flexibility index (Phi) is 7.55. The van der Waals surface area contributed by atoms with Crippen LogP contribution in [0.2, 0.25) is 0 Å². The molecule has 0 spiro atoms. The number of piperidine rings is 1. The van der Waals surface area contributed by atoms with Gasteiger partial charge in [-0.25, -0.2) is 4.39 Å². The van der Waals surface area contributed by atoms with Crippen LogP contribution < -0.4 is 10.6 Å². The Morgan fingerprint density at radius 1 is 1.31 bits per heavy atom. The first-order valence-electron chi connectivity index (χ1n) is 10.0. The summed E-state index contributed by atoms with van der Waals surface area (Å²) in [6, 6.07) is 10.4. The zero-order valence-corrected chi connectivity index (χ0v) is 17.1. The lowest BCUT2D eigenvalue weighted by molar-refractivity contribution is -0.122. The normalized spacial score (nSPS) is 17.1. The fourth-order valence-electron chi connectivity index (χ4n) is 3.70. The minimum atomic E-state index is -0.271. The SMILES string of the molecule is COCCNC(=O)CN1CCC[C@H](c2cc(Nc3cccc(F)c3)cc(C)n2)C1. The van der Waals surface area contributed by atoms with Crippen LogP contribution in [0.5, 0.6) is 0 Å². The highest BCUT2D eigenvalue weighted by molar-refractivity contribution is 5.78. The van der Waals surface area contributed by atoms with Crippen LogP contribution in [0, 0.1) is 12.7 Å². The van der Waals surface area contributed by atoms with Crippen molar-refractivity contribution in [1.29, 1.82) is 0 Å². The average molecular weight is 400 g/mol. The van der Waals surface area contributed by atoms with E-state index in [-0.39, 0.29) is 17.6 Å². The van der Waals surface area contributed by atoms with Crippen molar-refractivity contribution >= 4 is 17.3 Å². The number of ether oxygens (including phenoxy) is 1. The van der Waals surface area contributed by atoms with E-state index in [1.807, 2.05) is 25.1 Å². The summed E-state index contributed by atoms with van der Waals surface area (Å²) in [5.41, 5.74) is 3.52. The van der Waals surface area contributed by atoms with E-state index in [1.165, 1.54) is 12.1 Å². The molecule has 2 N–H and O–H groups in total. The molecular formula is C22H29FN4O2. The fourth-order valence-corrected chi connectivity index (χ4v) is 3.70. The number of halogens is 1. The van der Waals surface area contributed by atoms with E-state index >= 15 is 0 Å². The van der Waals surface area contributed by atoms with Crippen molar-refractivity contribution in [2.75, 3.05) is 45.2 Å². The first-order chi connectivity index (χ1) is 14.0.